The van der Waals surface area contributed by atoms with E-state index < -0.39 is 24.1 Å². The summed E-state index contributed by atoms with van der Waals surface area (Å²) in [5.41, 5.74) is 0.302. The number of nitrogens with zero attached hydrogens (tertiary/aromatic N) is 1. The van der Waals surface area contributed by atoms with Crippen LogP contribution >= 0.6 is 12.2 Å². The minimum atomic E-state index is -0.782. The predicted octanol–water partition coefficient (Wildman–Crippen LogP) is 0.580. The Morgan fingerprint density at radius 3 is 3.00 bits per heavy atom. The zero-order chi connectivity index (χ0) is 14.0. The van der Waals surface area contributed by atoms with Gasteiger partial charge in [-0.1, -0.05) is 24.4 Å². The summed E-state index contributed by atoms with van der Waals surface area (Å²) in [6.45, 7) is 1.57. The standard InChI is InChI=1S/C12H16N2O4S/c1-2-3-7-5-14(12(17)13-11(7)19)10-4-8(16)9(6-15)18-10/h2-3,5,8-10,15-16H,4,6H2,1H3,(H,13,17,19)/b3-2+/t8-,9+,10+/m0/s1. The number of rotatable bonds is 3. The minimum Gasteiger partial charge on any atom is -0.394 e. The summed E-state index contributed by atoms with van der Waals surface area (Å²) in [6, 6.07) is 0. The van der Waals surface area contributed by atoms with Crippen LogP contribution in [0.2, 0.25) is 0 Å². The molecule has 2 heterocycles. The summed E-state index contributed by atoms with van der Waals surface area (Å²) in [5.74, 6) is 0. The van der Waals surface area contributed by atoms with E-state index in [4.69, 9.17) is 22.1 Å². The summed E-state index contributed by atoms with van der Waals surface area (Å²) in [6.07, 6.45) is 3.40. The molecule has 3 N–H and O–H groups in total. The molecule has 0 saturated carbocycles. The van der Waals surface area contributed by atoms with Crippen LogP contribution < -0.4 is 5.69 Å². The van der Waals surface area contributed by atoms with E-state index in [2.05, 4.69) is 4.98 Å². The van der Waals surface area contributed by atoms with Gasteiger partial charge in [0.15, 0.2) is 0 Å². The summed E-state index contributed by atoms with van der Waals surface area (Å²) in [7, 11) is 0. The second-order valence-corrected chi connectivity index (χ2v) is 4.77. The highest BCUT2D eigenvalue weighted by Crippen LogP contribution is 2.27. The molecule has 1 aromatic rings. The highest BCUT2D eigenvalue weighted by molar-refractivity contribution is 7.71. The van der Waals surface area contributed by atoms with Crippen LogP contribution in [0.3, 0.4) is 0 Å². The molecular formula is C12H16N2O4S. The molecule has 19 heavy (non-hydrogen) atoms. The van der Waals surface area contributed by atoms with Crippen LogP contribution in [0, 0.1) is 4.64 Å². The smallest absolute Gasteiger partial charge is 0.328 e. The summed E-state index contributed by atoms with van der Waals surface area (Å²) in [4.78, 5) is 14.4. The third-order valence-electron chi connectivity index (χ3n) is 3.04. The van der Waals surface area contributed by atoms with Gasteiger partial charge in [-0.15, -0.1) is 0 Å². The molecule has 6 nitrogen and oxygen atoms in total. The summed E-state index contributed by atoms with van der Waals surface area (Å²) in [5, 5.41) is 18.7. The highest BCUT2D eigenvalue weighted by Gasteiger charge is 2.34. The van der Waals surface area contributed by atoms with Crippen molar-refractivity contribution in [1.82, 2.24) is 9.55 Å². The molecule has 0 bridgehead atoms. The fraction of sp³-hybridized carbons (Fsp3) is 0.500. The first-order valence-corrected chi connectivity index (χ1v) is 6.40. The van der Waals surface area contributed by atoms with E-state index in [1.165, 1.54) is 4.57 Å². The molecule has 1 aliphatic heterocycles. The van der Waals surface area contributed by atoms with Gasteiger partial charge < -0.3 is 14.9 Å². The number of nitrogens with one attached hydrogen (secondary N) is 1. The van der Waals surface area contributed by atoms with Crippen molar-refractivity contribution in [1.29, 1.82) is 0 Å². The van der Waals surface area contributed by atoms with E-state index in [9.17, 15) is 9.90 Å². The number of allylic oxidation sites excluding steroid dienone is 1. The number of aromatic nitrogens is 2. The van der Waals surface area contributed by atoms with Crippen molar-refractivity contribution in [3.8, 4) is 0 Å². The van der Waals surface area contributed by atoms with Crippen molar-refractivity contribution < 1.29 is 14.9 Å². The molecule has 3 atom stereocenters. The second-order valence-electron chi connectivity index (χ2n) is 4.37. The quantitative estimate of drug-likeness (QED) is 0.707. The molecule has 1 aromatic heterocycles. The van der Waals surface area contributed by atoms with Crippen molar-refractivity contribution in [3.63, 3.8) is 0 Å². The average molecular weight is 284 g/mol. The number of aromatic amines is 1. The number of aliphatic hydroxyl groups is 2. The Balaban J connectivity index is 2.38. The van der Waals surface area contributed by atoms with Crippen molar-refractivity contribution in [2.24, 2.45) is 0 Å². The molecule has 0 spiro atoms. The molecule has 1 saturated heterocycles. The zero-order valence-corrected chi connectivity index (χ0v) is 11.3. The number of hydrogen-bond donors (Lipinski definition) is 3. The molecule has 2 rings (SSSR count). The maximum Gasteiger partial charge on any atom is 0.328 e. The normalized spacial score (nSPS) is 27.2. The number of ether oxygens (including phenoxy) is 1. The van der Waals surface area contributed by atoms with Gasteiger partial charge in [0.1, 0.15) is 17.0 Å². The third kappa shape index (κ3) is 2.84. The van der Waals surface area contributed by atoms with Gasteiger partial charge in [0, 0.05) is 18.2 Å². The van der Waals surface area contributed by atoms with Gasteiger partial charge >= 0.3 is 5.69 Å². The largest absolute Gasteiger partial charge is 0.394 e. The van der Waals surface area contributed by atoms with Crippen LogP contribution in [0.1, 0.15) is 25.1 Å². The Kier molecular flexibility index (Phi) is 4.31. The van der Waals surface area contributed by atoms with Gasteiger partial charge in [-0.3, -0.25) is 9.55 Å². The molecular weight excluding hydrogens is 268 g/mol. The second kappa shape index (κ2) is 5.79. The summed E-state index contributed by atoms with van der Waals surface area (Å²) < 4.78 is 7.16. The zero-order valence-electron chi connectivity index (χ0n) is 10.4. The first kappa shape index (κ1) is 14.1. The van der Waals surface area contributed by atoms with Crippen LogP contribution in [0.4, 0.5) is 0 Å². The molecule has 1 aliphatic rings. The Morgan fingerprint density at radius 2 is 2.42 bits per heavy atom. The van der Waals surface area contributed by atoms with Crippen molar-refractivity contribution in [2.75, 3.05) is 6.61 Å². The van der Waals surface area contributed by atoms with Crippen molar-refractivity contribution in [3.05, 3.63) is 33.0 Å². The van der Waals surface area contributed by atoms with E-state index in [1.54, 1.807) is 12.3 Å². The van der Waals surface area contributed by atoms with Crippen molar-refractivity contribution >= 4 is 18.3 Å². The fourth-order valence-corrected chi connectivity index (χ4v) is 2.27. The molecule has 1 fully saturated rings. The van der Waals surface area contributed by atoms with E-state index in [0.29, 0.717) is 10.2 Å². The van der Waals surface area contributed by atoms with E-state index in [0.717, 1.165) is 0 Å². The Morgan fingerprint density at radius 1 is 1.68 bits per heavy atom. The summed E-state index contributed by atoms with van der Waals surface area (Å²) >= 11 is 5.06. The molecule has 104 valence electrons. The molecule has 0 aliphatic carbocycles. The lowest BCUT2D eigenvalue weighted by Gasteiger charge is -2.15. The Labute approximate surface area is 115 Å². The van der Waals surface area contributed by atoms with Gasteiger partial charge in [0.25, 0.3) is 0 Å². The number of hydrogen-bond acceptors (Lipinski definition) is 5. The Hall–Kier alpha value is -1.28. The van der Waals surface area contributed by atoms with E-state index in [1.807, 2.05) is 13.0 Å². The van der Waals surface area contributed by atoms with Crippen LogP contribution in [0.15, 0.2) is 17.1 Å². The molecule has 0 radical (unpaired) electrons. The number of aliphatic hydroxyl groups excluding tert-OH is 2. The van der Waals surface area contributed by atoms with Crippen LogP contribution in [0.25, 0.3) is 6.08 Å². The van der Waals surface area contributed by atoms with Gasteiger partial charge in [-0.05, 0) is 6.92 Å². The van der Waals surface area contributed by atoms with Crippen LogP contribution in [-0.2, 0) is 4.74 Å². The van der Waals surface area contributed by atoms with Gasteiger partial charge in [-0.25, -0.2) is 4.79 Å². The maximum absolute atomic E-state index is 11.9. The first-order chi connectivity index (χ1) is 9.06. The van der Waals surface area contributed by atoms with Gasteiger partial charge in [0.2, 0.25) is 0 Å². The molecule has 0 aromatic carbocycles. The van der Waals surface area contributed by atoms with Crippen LogP contribution in [0.5, 0.6) is 0 Å². The highest BCUT2D eigenvalue weighted by atomic mass is 32.1. The third-order valence-corrected chi connectivity index (χ3v) is 3.37. The topological polar surface area (TPSA) is 87.5 Å². The van der Waals surface area contributed by atoms with Crippen molar-refractivity contribution in [2.45, 2.75) is 31.8 Å². The maximum atomic E-state index is 11.9. The lowest BCUT2D eigenvalue weighted by Crippen LogP contribution is -2.28. The van der Waals surface area contributed by atoms with Gasteiger partial charge in [0.05, 0.1) is 12.7 Å². The monoisotopic (exact) mass is 284 g/mol. The molecule has 7 heteroatoms. The van der Waals surface area contributed by atoms with Gasteiger partial charge in [-0.2, -0.15) is 0 Å². The lowest BCUT2D eigenvalue weighted by molar-refractivity contribution is -0.0459. The van der Waals surface area contributed by atoms with E-state index in [-0.39, 0.29) is 13.0 Å². The molecule has 0 unspecified atom stereocenters. The average Bonchev–Trinajstić information content (AvgIpc) is 2.74. The Bertz CT molecular complexity index is 592. The lowest BCUT2D eigenvalue weighted by atomic mass is 10.2. The minimum absolute atomic E-state index is 0.255. The van der Waals surface area contributed by atoms with E-state index >= 15 is 0 Å². The number of H-pyrrole nitrogens is 1. The van der Waals surface area contributed by atoms with Crippen LogP contribution in [-0.4, -0.2) is 38.6 Å². The predicted molar refractivity (Wildman–Crippen MR) is 72.2 cm³/mol. The molecule has 0 amide bonds. The first-order valence-electron chi connectivity index (χ1n) is 5.99. The SMILES string of the molecule is C/C=C/c1cn([C@H]2C[C@H](O)[C@@H](CO)O2)c(=O)[nH]c1=S. The fourth-order valence-electron chi connectivity index (χ4n) is 2.06.